The molecule has 0 aliphatic rings. The number of hydrogen-bond donors (Lipinski definition) is 0. The molecular formula is C9H14N2O2. The molecule has 0 spiro atoms. The van der Waals surface area contributed by atoms with Gasteiger partial charge in [-0.2, -0.15) is 4.73 Å². The molecule has 0 saturated carbocycles. The zero-order valence-electron chi connectivity index (χ0n) is 8.37. The standard InChI is InChI=1S/C9H14N2O2/c1-7-5-10-6-11(7)13-8(12)9(2,3)4/h5-6H,1-4H3. The van der Waals surface area contributed by atoms with Crippen molar-refractivity contribution >= 4 is 5.97 Å². The highest BCUT2D eigenvalue weighted by molar-refractivity contribution is 5.75. The maximum atomic E-state index is 11.4. The van der Waals surface area contributed by atoms with Crippen LogP contribution >= 0.6 is 0 Å². The summed E-state index contributed by atoms with van der Waals surface area (Å²) >= 11 is 0. The lowest BCUT2D eigenvalue weighted by Gasteiger charge is -2.16. The molecule has 4 heteroatoms. The van der Waals surface area contributed by atoms with E-state index in [2.05, 4.69) is 4.98 Å². The molecule has 72 valence electrons. The number of carbonyl (C=O) groups is 1. The molecule has 1 aromatic heterocycles. The molecule has 0 bridgehead atoms. The van der Waals surface area contributed by atoms with Gasteiger partial charge in [-0.15, -0.1) is 0 Å². The summed E-state index contributed by atoms with van der Waals surface area (Å²) in [5, 5.41) is 0. The number of aromatic nitrogens is 2. The summed E-state index contributed by atoms with van der Waals surface area (Å²) in [5.74, 6) is -0.270. The van der Waals surface area contributed by atoms with E-state index in [9.17, 15) is 4.79 Å². The molecule has 1 rings (SSSR count). The van der Waals surface area contributed by atoms with Crippen LogP contribution < -0.4 is 4.84 Å². The average Bonchev–Trinajstić information content (AvgIpc) is 2.34. The number of hydrogen-bond acceptors (Lipinski definition) is 3. The van der Waals surface area contributed by atoms with Gasteiger partial charge in [-0.1, -0.05) is 0 Å². The SMILES string of the molecule is Cc1cncn1OC(=O)C(C)(C)C. The Morgan fingerprint density at radius 2 is 2.15 bits per heavy atom. The van der Waals surface area contributed by atoms with E-state index in [1.54, 1.807) is 6.20 Å². The Morgan fingerprint density at radius 3 is 2.54 bits per heavy atom. The van der Waals surface area contributed by atoms with Gasteiger partial charge in [0.15, 0.2) is 0 Å². The van der Waals surface area contributed by atoms with Crippen LogP contribution in [-0.4, -0.2) is 15.7 Å². The van der Waals surface area contributed by atoms with E-state index in [0.29, 0.717) is 0 Å². The molecule has 0 aliphatic carbocycles. The van der Waals surface area contributed by atoms with Crippen LogP contribution in [0.1, 0.15) is 26.5 Å². The first-order chi connectivity index (χ1) is 5.91. The highest BCUT2D eigenvalue weighted by atomic mass is 16.7. The summed E-state index contributed by atoms with van der Waals surface area (Å²) in [7, 11) is 0. The van der Waals surface area contributed by atoms with Gasteiger partial charge in [0.05, 0.1) is 17.3 Å². The number of carbonyl (C=O) groups excluding carboxylic acids is 1. The molecule has 0 aliphatic heterocycles. The smallest absolute Gasteiger partial charge is 0.335 e. The fraction of sp³-hybridized carbons (Fsp3) is 0.556. The zero-order valence-corrected chi connectivity index (χ0v) is 8.37. The van der Waals surface area contributed by atoms with E-state index in [-0.39, 0.29) is 5.97 Å². The Labute approximate surface area is 77.5 Å². The second kappa shape index (κ2) is 3.20. The van der Waals surface area contributed by atoms with Crippen molar-refractivity contribution in [2.24, 2.45) is 5.41 Å². The maximum absolute atomic E-state index is 11.4. The Hall–Kier alpha value is -1.32. The van der Waals surface area contributed by atoms with Gasteiger partial charge < -0.3 is 4.84 Å². The van der Waals surface area contributed by atoms with Crippen molar-refractivity contribution in [1.82, 2.24) is 9.71 Å². The Morgan fingerprint density at radius 1 is 1.54 bits per heavy atom. The van der Waals surface area contributed by atoms with Crippen molar-refractivity contribution in [2.75, 3.05) is 0 Å². The quantitative estimate of drug-likeness (QED) is 0.655. The molecule has 1 heterocycles. The highest BCUT2D eigenvalue weighted by Gasteiger charge is 2.24. The molecule has 13 heavy (non-hydrogen) atoms. The number of rotatable bonds is 1. The minimum absolute atomic E-state index is 0.270. The molecule has 0 saturated heterocycles. The summed E-state index contributed by atoms with van der Waals surface area (Å²) < 4.78 is 1.37. The van der Waals surface area contributed by atoms with Crippen molar-refractivity contribution in [3.8, 4) is 0 Å². The van der Waals surface area contributed by atoms with Crippen LogP contribution in [0.5, 0.6) is 0 Å². The van der Waals surface area contributed by atoms with Gasteiger partial charge in [-0.25, -0.2) is 9.78 Å². The molecule has 1 aromatic rings. The van der Waals surface area contributed by atoms with Gasteiger partial charge in [0.25, 0.3) is 0 Å². The molecular weight excluding hydrogens is 168 g/mol. The first-order valence-electron chi connectivity index (χ1n) is 4.13. The fourth-order valence-electron chi connectivity index (χ4n) is 0.672. The second-order valence-electron chi connectivity index (χ2n) is 3.99. The van der Waals surface area contributed by atoms with Crippen LogP contribution in [0.25, 0.3) is 0 Å². The number of nitrogens with zero attached hydrogens (tertiary/aromatic N) is 2. The molecule has 0 aromatic carbocycles. The lowest BCUT2D eigenvalue weighted by molar-refractivity contribution is -0.153. The van der Waals surface area contributed by atoms with E-state index >= 15 is 0 Å². The summed E-state index contributed by atoms with van der Waals surface area (Å²) in [6.07, 6.45) is 3.11. The topological polar surface area (TPSA) is 44.1 Å². The largest absolute Gasteiger partial charge is 0.338 e. The van der Waals surface area contributed by atoms with Crippen LogP contribution in [0, 0.1) is 12.3 Å². The summed E-state index contributed by atoms with van der Waals surface area (Å²) in [6, 6.07) is 0. The molecule has 0 unspecified atom stereocenters. The molecule has 4 nitrogen and oxygen atoms in total. The summed E-state index contributed by atoms with van der Waals surface area (Å²) in [5.41, 5.74) is 0.314. The van der Waals surface area contributed by atoms with Crippen LogP contribution in [-0.2, 0) is 4.79 Å². The normalized spacial score (nSPS) is 11.4. The molecule has 0 fully saturated rings. The second-order valence-corrected chi connectivity index (χ2v) is 3.99. The van der Waals surface area contributed by atoms with Crippen LogP contribution in [0.4, 0.5) is 0 Å². The first-order valence-corrected chi connectivity index (χ1v) is 4.13. The molecule has 0 N–H and O–H groups in total. The van der Waals surface area contributed by atoms with Crippen molar-refractivity contribution in [3.05, 3.63) is 18.2 Å². The Balaban J connectivity index is 2.71. The number of aryl methyl sites for hydroxylation is 1. The Bertz CT molecular complexity index is 310. The highest BCUT2D eigenvalue weighted by Crippen LogP contribution is 2.13. The molecule has 0 atom stereocenters. The van der Waals surface area contributed by atoms with E-state index in [1.807, 2.05) is 27.7 Å². The molecule has 0 radical (unpaired) electrons. The minimum atomic E-state index is -0.489. The van der Waals surface area contributed by atoms with Crippen molar-refractivity contribution < 1.29 is 9.63 Å². The van der Waals surface area contributed by atoms with Gasteiger partial charge in [0.2, 0.25) is 0 Å². The van der Waals surface area contributed by atoms with Gasteiger partial charge in [-0.3, -0.25) is 0 Å². The monoisotopic (exact) mass is 182 g/mol. The lowest BCUT2D eigenvalue weighted by Crippen LogP contribution is -2.31. The Kier molecular flexibility index (Phi) is 2.40. The van der Waals surface area contributed by atoms with Gasteiger partial charge in [0.1, 0.15) is 6.33 Å². The van der Waals surface area contributed by atoms with E-state index in [1.165, 1.54) is 11.1 Å². The lowest BCUT2D eigenvalue weighted by atomic mass is 9.98. The van der Waals surface area contributed by atoms with Crippen molar-refractivity contribution in [2.45, 2.75) is 27.7 Å². The predicted octanol–water partition coefficient (Wildman–Crippen LogP) is 1.19. The van der Waals surface area contributed by atoms with Crippen LogP contribution in [0.3, 0.4) is 0 Å². The predicted molar refractivity (Wildman–Crippen MR) is 48.0 cm³/mol. The van der Waals surface area contributed by atoms with E-state index < -0.39 is 5.41 Å². The number of imidazole rings is 1. The maximum Gasteiger partial charge on any atom is 0.338 e. The zero-order chi connectivity index (χ0) is 10.1. The van der Waals surface area contributed by atoms with Crippen LogP contribution in [0.2, 0.25) is 0 Å². The van der Waals surface area contributed by atoms with Gasteiger partial charge >= 0.3 is 5.97 Å². The summed E-state index contributed by atoms with van der Waals surface area (Å²) in [4.78, 5) is 20.3. The van der Waals surface area contributed by atoms with Crippen molar-refractivity contribution in [3.63, 3.8) is 0 Å². The third kappa shape index (κ3) is 2.31. The first kappa shape index (κ1) is 9.77. The summed E-state index contributed by atoms with van der Waals surface area (Å²) in [6.45, 7) is 7.24. The minimum Gasteiger partial charge on any atom is -0.335 e. The average molecular weight is 182 g/mol. The fourth-order valence-corrected chi connectivity index (χ4v) is 0.672. The van der Waals surface area contributed by atoms with E-state index in [0.717, 1.165) is 5.69 Å². The molecule has 0 amide bonds. The third-order valence-corrected chi connectivity index (χ3v) is 1.57. The van der Waals surface area contributed by atoms with E-state index in [4.69, 9.17) is 4.84 Å². The van der Waals surface area contributed by atoms with Gasteiger partial charge in [0, 0.05) is 0 Å². The van der Waals surface area contributed by atoms with Crippen LogP contribution in [0.15, 0.2) is 12.5 Å². The third-order valence-electron chi connectivity index (χ3n) is 1.57. The van der Waals surface area contributed by atoms with Gasteiger partial charge in [-0.05, 0) is 27.7 Å². The van der Waals surface area contributed by atoms with Crippen molar-refractivity contribution in [1.29, 1.82) is 0 Å².